The van der Waals surface area contributed by atoms with Crippen LogP contribution in [-0.2, 0) is 0 Å². The quantitative estimate of drug-likeness (QED) is 0.714. The molecule has 0 aliphatic heterocycles. The molecule has 0 spiro atoms. The van der Waals surface area contributed by atoms with Crippen molar-refractivity contribution < 1.29 is 4.74 Å². The lowest BCUT2D eigenvalue weighted by Crippen LogP contribution is -1.96. The first-order valence-electron chi connectivity index (χ1n) is 4.94. The van der Waals surface area contributed by atoms with Gasteiger partial charge in [0.05, 0.1) is 6.61 Å². The van der Waals surface area contributed by atoms with Crippen molar-refractivity contribution in [2.45, 2.75) is 39.0 Å². The average molecular weight is 279 g/mol. The van der Waals surface area contributed by atoms with Crippen LogP contribution >= 0.6 is 27.3 Å². The van der Waals surface area contributed by atoms with E-state index in [0.29, 0.717) is 5.19 Å². The van der Waals surface area contributed by atoms with Crippen LogP contribution in [0.5, 0.6) is 5.19 Å². The fourth-order valence-corrected chi connectivity index (χ4v) is 2.06. The minimum absolute atomic E-state index is 0.660. The molecule has 0 saturated carbocycles. The average Bonchev–Trinajstić information content (AvgIpc) is 2.58. The van der Waals surface area contributed by atoms with Gasteiger partial charge in [-0.3, -0.25) is 0 Å². The molecule has 1 heterocycles. The number of rotatable bonds is 7. The second kappa shape index (κ2) is 7.17. The van der Waals surface area contributed by atoms with Gasteiger partial charge in [0.15, 0.2) is 3.92 Å². The summed E-state index contributed by atoms with van der Waals surface area (Å²) < 4.78 is 6.20. The zero-order valence-corrected chi connectivity index (χ0v) is 10.7. The number of nitrogens with zero attached hydrogens (tertiary/aromatic N) is 2. The van der Waals surface area contributed by atoms with Crippen LogP contribution in [0.15, 0.2) is 3.92 Å². The molecular weight excluding hydrogens is 264 g/mol. The Labute approximate surface area is 97.0 Å². The van der Waals surface area contributed by atoms with Crippen LogP contribution in [0.25, 0.3) is 0 Å². The lowest BCUT2D eigenvalue weighted by molar-refractivity contribution is 0.300. The summed E-state index contributed by atoms with van der Waals surface area (Å²) in [5, 5.41) is 8.31. The Bertz CT molecular complexity index is 255. The van der Waals surface area contributed by atoms with Crippen molar-refractivity contribution in [3.63, 3.8) is 0 Å². The normalized spacial score (nSPS) is 10.4. The van der Waals surface area contributed by atoms with Gasteiger partial charge in [0, 0.05) is 0 Å². The molecule has 3 nitrogen and oxygen atoms in total. The minimum Gasteiger partial charge on any atom is -0.469 e. The first-order valence-corrected chi connectivity index (χ1v) is 6.55. The second-order valence-corrected chi connectivity index (χ2v) is 5.30. The molecule has 80 valence electrons. The maximum Gasteiger partial charge on any atom is 0.294 e. The predicted octanol–water partition coefficient (Wildman–Crippen LogP) is 3.65. The van der Waals surface area contributed by atoms with Gasteiger partial charge in [0.1, 0.15) is 0 Å². The van der Waals surface area contributed by atoms with E-state index in [9.17, 15) is 0 Å². The predicted molar refractivity (Wildman–Crippen MR) is 61.9 cm³/mol. The van der Waals surface area contributed by atoms with E-state index in [1.54, 1.807) is 0 Å². The van der Waals surface area contributed by atoms with E-state index in [1.807, 2.05) is 0 Å². The summed E-state index contributed by atoms with van der Waals surface area (Å²) in [5.74, 6) is 0. The molecule has 0 fully saturated rings. The Kier molecular flexibility index (Phi) is 6.10. The molecule has 0 N–H and O–H groups in total. The summed E-state index contributed by atoms with van der Waals surface area (Å²) in [7, 11) is 0. The van der Waals surface area contributed by atoms with Gasteiger partial charge in [-0.05, 0) is 33.7 Å². The van der Waals surface area contributed by atoms with Crippen molar-refractivity contribution in [2.24, 2.45) is 0 Å². The van der Waals surface area contributed by atoms with Gasteiger partial charge in [0.25, 0.3) is 5.19 Å². The molecule has 14 heavy (non-hydrogen) atoms. The lowest BCUT2D eigenvalue weighted by atomic mass is 10.2. The van der Waals surface area contributed by atoms with Crippen molar-refractivity contribution in [3.05, 3.63) is 3.92 Å². The van der Waals surface area contributed by atoms with Gasteiger partial charge in [-0.2, -0.15) is 0 Å². The molecule has 0 amide bonds. The fourth-order valence-electron chi connectivity index (χ4n) is 1.12. The number of aromatic nitrogens is 2. The molecule has 0 saturated heterocycles. The molecule has 0 atom stereocenters. The fraction of sp³-hybridized carbons (Fsp3) is 0.778. The van der Waals surface area contributed by atoms with Gasteiger partial charge in [-0.1, -0.05) is 37.7 Å². The Balaban J connectivity index is 1.99. The monoisotopic (exact) mass is 278 g/mol. The summed E-state index contributed by atoms with van der Waals surface area (Å²) >= 11 is 4.67. The summed E-state index contributed by atoms with van der Waals surface area (Å²) in [6, 6.07) is 0. The van der Waals surface area contributed by atoms with E-state index in [1.165, 1.54) is 37.0 Å². The summed E-state index contributed by atoms with van der Waals surface area (Å²) in [4.78, 5) is 0. The zero-order valence-electron chi connectivity index (χ0n) is 8.33. The van der Waals surface area contributed by atoms with Crippen LogP contribution in [0.1, 0.15) is 39.0 Å². The van der Waals surface area contributed by atoms with Crippen LogP contribution in [0.2, 0.25) is 0 Å². The molecule has 1 rings (SSSR count). The van der Waals surface area contributed by atoms with E-state index in [-0.39, 0.29) is 0 Å². The SMILES string of the molecule is CCCCCCCOc1nnc(Br)s1. The molecule has 1 aromatic rings. The number of unbranched alkanes of at least 4 members (excludes halogenated alkanes) is 4. The van der Waals surface area contributed by atoms with Crippen LogP contribution in [0.4, 0.5) is 0 Å². The van der Waals surface area contributed by atoms with Crippen molar-refractivity contribution in [1.82, 2.24) is 10.2 Å². The highest BCUT2D eigenvalue weighted by molar-refractivity contribution is 9.11. The molecule has 0 aliphatic rings. The topological polar surface area (TPSA) is 35.0 Å². The van der Waals surface area contributed by atoms with Crippen molar-refractivity contribution in [2.75, 3.05) is 6.61 Å². The molecule has 5 heteroatoms. The van der Waals surface area contributed by atoms with Crippen molar-refractivity contribution in [1.29, 1.82) is 0 Å². The highest BCUT2D eigenvalue weighted by atomic mass is 79.9. The number of hydrogen-bond donors (Lipinski definition) is 0. The lowest BCUT2D eigenvalue weighted by Gasteiger charge is -2.00. The van der Waals surface area contributed by atoms with Gasteiger partial charge >= 0.3 is 0 Å². The maximum absolute atomic E-state index is 5.42. The van der Waals surface area contributed by atoms with Crippen molar-refractivity contribution in [3.8, 4) is 5.19 Å². The Hall–Kier alpha value is -0.160. The zero-order chi connectivity index (χ0) is 10.2. The first kappa shape index (κ1) is 11.9. The minimum atomic E-state index is 0.660. The molecule has 0 radical (unpaired) electrons. The van der Waals surface area contributed by atoms with Crippen LogP contribution in [0, 0.1) is 0 Å². The van der Waals surface area contributed by atoms with Crippen LogP contribution in [0.3, 0.4) is 0 Å². The first-order chi connectivity index (χ1) is 6.83. The van der Waals surface area contributed by atoms with E-state index >= 15 is 0 Å². The van der Waals surface area contributed by atoms with E-state index < -0.39 is 0 Å². The largest absolute Gasteiger partial charge is 0.469 e. The standard InChI is InChI=1S/C9H15BrN2OS/c1-2-3-4-5-6-7-13-9-12-11-8(10)14-9/h2-7H2,1H3. The smallest absolute Gasteiger partial charge is 0.294 e. The summed E-state index contributed by atoms with van der Waals surface area (Å²) in [6.07, 6.45) is 6.26. The highest BCUT2D eigenvalue weighted by Crippen LogP contribution is 2.22. The Morgan fingerprint density at radius 3 is 2.64 bits per heavy atom. The third kappa shape index (κ3) is 4.91. The number of hydrogen-bond acceptors (Lipinski definition) is 4. The Morgan fingerprint density at radius 1 is 1.21 bits per heavy atom. The van der Waals surface area contributed by atoms with Crippen molar-refractivity contribution >= 4 is 27.3 Å². The van der Waals surface area contributed by atoms with Gasteiger partial charge in [-0.25, -0.2) is 0 Å². The maximum atomic E-state index is 5.42. The van der Waals surface area contributed by atoms with E-state index in [4.69, 9.17) is 4.74 Å². The number of ether oxygens (including phenoxy) is 1. The van der Waals surface area contributed by atoms with E-state index in [2.05, 4.69) is 33.1 Å². The molecule has 0 bridgehead atoms. The van der Waals surface area contributed by atoms with Crippen LogP contribution in [-0.4, -0.2) is 16.8 Å². The number of halogens is 1. The van der Waals surface area contributed by atoms with Gasteiger partial charge in [-0.15, -0.1) is 5.10 Å². The molecule has 1 aromatic heterocycles. The van der Waals surface area contributed by atoms with E-state index in [0.717, 1.165) is 16.9 Å². The molecule has 0 unspecified atom stereocenters. The molecule has 0 aromatic carbocycles. The summed E-state index contributed by atoms with van der Waals surface area (Å²) in [6.45, 7) is 2.97. The third-order valence-electron chi connectivity index (χ3n) is 1.86. The summed E-state index contributed by atoms with van der Waals surface area (Å²) in [5.41, 5.74) is 0. The molecule has 0 aliphatic carbocycles. The highest BCUT2D eigenvalue weighted by Gasteiger charge is 2.00. The third-order valence-corrected chi connectivity index (χ3v) is 3.12. The van der Waals surface area contributed by atoms with Gasteiger partial charge < -0.3 is 4.74 Å². The second-order valence-electron chi connectivity index (χ2n) is 3.08. The van der Waals surface area contributed by atoms with Crippen LogP contribution < -0.4 is 4.74 Å². The Morgan fingerprint density at radius 2 is 2.00 bits per heavy atom. The van der Waals surface area contributed by atoms with Gasteiger partial charge in [0.2, 0.25) is 0 Å². The molecular formula is C9H15BrN2OS.